The Balaban J connectivity index is 1.23. The van der Waals surface area contributed by atoms with Crippen LogP contribution in [-0.2, 0) is 0 Å². The third-order valence-corrected chi connectivity index (χ3v) is 12.0. The monoisotopic (exact) mass is 734 g/mol. The van der Waals surface area contributed by atoms with Crippen molar-refractivity contribution in [1.82, 2.24) is 9.97 Å². The van der Waals surface area contributed by atoms with Crippen LogP contribution in [0.15, 0.2) is 206 Å². The Labute approximate surface area is 335 Å². The van der Waals surface area contributed by atoms with Gasteiger partial charge in [-0.25, -0.2) is 9.97 Å². The molecule has 0 fully saturated rings. The van der Waals surface area contributed by atoms with Gasteiger partial charge in [-0.3, -0.25) is 0 Å². The van der Waals surface area contributed by atoms with E-state index >= 15 is 0 Å². The number of benzene rings is 10. The summed E-state index contributed by atoms with van der Waals surface area (Å²) in [5.41, 5.74) is 7.42. The average Bonchev–Trinajstić information content (AvgIpc) is 3.30. The number of rotatable bonds is 4. The number of hydrogen-bond acceptors (Lipinski definition) is 2. The summed E-state index contributed by atoms with van der Waals surface area (Å²) in [6.07, 6.45) is 0. The predicted octanol–water partition coefficient (Wildman–Crippen LogP) is 15.2. The minimum absolute atomic E-state index is 0.710. The summed E-state index contributed by atoms with van der Waals surface area (Å²) in [6.45, 7) is 0. The lowest BCUT2D eigenvalue weighted by molar-refractivity contribution is 1.19. The molecule has 0 saturated heterocycles. The predicted molar refractivity (Wildman–Crippen MR) is 246 cm³/mol. The van der Waals surface area contributed by atoms with Crippen molar-refractivity contribution in [2.24, 2.45) is 0 Å². The Hall–Kier alpha value is -7.68. The topological polar surface area (TPSA) is 25.8 Å². The Morgan fingerprint density at radius 1 is 0.259 bits per heavy atom. The van der Waals surface area contributed by atoms with Gasteiger partial charge in [-0.1, -0.05) is 194 Å². The number of fused-ring (bicyclic) bond motifs is 7. The van der Waals surface area contributed by atoms with E-state index in [9.17, 15) is 0 Å². The van der Waals surface area contributed by atoms with Crippen LogP contribution in [0.5, 0.6) is 0 Å². The van der Waals surface area contributed by atoms with Crippen molar-refractivity contribution in [3.8, 4) is 45.0 Å². The molecule has 0 spiro atoms. The summed E-state index contributed by atoms with van der Waals surface area (Å²) >= 11 is 0. The van der Waals surface area contributed by atoms with Gasteiger partial charge in [0.2, 0.25) is 0 Å². The van der Waals surface area contributed by atoms with Crippen LogP contribution in [0.3, 0.4) is 0 Å². The fraction of sp³-hybridized carbons (Fsp3) is 0. The van der Waals surface area contributed by atoms with Gasteiger partial charge in [0.1, 0.15) is 0 Å². The maximum absolute atomic E-state index is 5.37. The SMILES string of the molecule is c1ccc(-c2cc(-c3c4ccccc4c(-c4cc5cccc6c7ccccc7c7ccccc7c7cccc4c7c56)c4ccccc34)nc(-c3ccccc3)n2)cc1. The second kappa shape index (κ2) is 12.9. The highest BCUT2D eigenvalue weighted by atomic mass is 14.9. The van der Waals surface area contributed by atoms with E-state index in [1.807, 2.05) is 12.1 Å². The first-order valence-electron chi connectivity index (χ1n) is 19.9. The van der Waals surface area contributed by atoms with Crippen LogP contribution in [0, 0.1) is 0 Å². The molecular weight excluding hydrogens is 701 g/mol. The first-order chi connectivity index (χ1) is 28.8. The van der Waals surface area contributed by atoms with Crippen molar-refractivity contribution < 1.29 is 0 Å². The molecule has 12 rings (SSSR count). The molecule has 1 heterocycles. The second-order valence-electron chi connectivity index (χ2n) is 15.2. The van der Waals surface area contributed by atoms with Crippen LogP contribution in [-0.4, -0.2) is 9.97 Å². The van der Waals surface area contributed by atoms with Gasteiger partial charge in [0, 0.05) is 16.7 Å². The first-order valence-corrected chi connectivity index (χ1v) is 19.9. The van der Waals surface area contributed by atoms with E-state index in [1.54, 1.807) is 0 Å². The molecule has 0 aliphatic rings. The Morgan fingerprint density at radius 2 is 0.672 bits per heavy atom. The molecule has 1 aromatic heterocycles. The minimum atomic E-state index is 0.710. The third kappa shape index (κ3) is 4.92. The molecule has 0 N–H and O–H groups in total. The average molecular weight is 735 g/mol. The quantitative estimate of drug-likeness (QED) is 0.133. The van der Waals surface area contributed by atoms with Crippen LogP contribution >= 0.6 is 0 Å². The highest BCUT2D eigenvalue weighted by Crippen LogP contribution is 2.49. The summed E-state index contributed by atoms with van der Waals surface area (Å²) in [6, 6.07) is 74.7. The largest absolute Gasteiger partial charge is 0.228 e. The standard InChI is InChI=1S/C56H34N2/c1-3-17-35(18-4-1)50-34-51(58-56(57-50)36-19-5-2-6-20-36)54-46-28-13-11-26-44(46)53(45-27-12-14-29-47(45)54)49-33-37-21-15-30-42-40-24-9-7-22-38(40)39-23-8-10-25-41(39)43-31-16-32-48(49)55(43)52(37)42/h1-34H. The fourth-order valence-electron chi connectivity index (χ4n) is 9.55. The van der Waals surface area contributed by atoms with Gasteiger partial charge < -0.3 is 0 Å². The van der Waals surface area contributed by atoms with E-state index in [-0.39, 0.29) is 0 Å². The normalized spacial score (nSPS) is 11.8. The number of hydrogen-bond donors (Lipinski definition) is 0. The Bertz CT molecular complexity index is 3490. The van der Waals surface area contributed by atoms with Crippen molar-refractivity contribution in [3.63, 3.8) is 0 Å². The summed E-state index contributed by atoms with van der Waals surface area (Å²) in [5, 5.41) is 17.3. The Kier molecular flexibility index (Phi) is 7.26. The smallest absolute Gasteiger partial charge is 0.160 e. The van der Waals surface area contributed by atoms with Crippen molar-refractivity contribution in [3.05, 3.63) is 206 Å². The summed E-state index contributed by atoms with van der Waals surface area (Å²) < 4.78 is 0. The molecule has 2 nitrogen and oxygen atoms in total. The molecule has 0 unspecified atom stereocenters. The van der Waals surface area contributed by atoms with Gasteiger partial charge in [0.25, 0.3) is 0 Å². The molecule has 0 atom stereocenters. The maximum atomic E-state index is 5.37. The van der Waals surface area contributed by atoms with Gasteiger partial charge >= 0.3 is 0 Å². The number of aromatic nitrogens is 2. The highest BCUT2D eigenvalue weighted by Gasteiger charge is 2.22. The second-order valence-corrected chi connectivity index (χ2v) is 15.2. The molecule has 12 aromatic rings. The van der Waals surface area contributed by atoms with Gasteiger partial charge in [0.15, 0.2) is 5.82 Å². The number of nitrogens with zero attached hydrogens (tertiary/aromatic N) is 2. The zero-order chi connectivity index (χ0) is 38.2. The van der Waals surface area contributed by atoms with Crippen LogP contribution in [0.2, 0.25) is 0 Å². The van der Waals surface area contributed by atoms with Crippen molar-refractivity contribution in [2.45, 2.75) is 0 Å². The van der Waals surface area contributed by atoms with E-state index in [4.69, 9.17) is 9.97 Å². The van der Waals surface area contributed by atoms with Gasteiger partial charge in [-0.05, 0) is 98.7 Å². The van der Waals surface area contributed by atoms with Gasteiger partial charge in [0.05, 0.1) is 11.4 Å². The zero-order valence-corrected chi connectivity index (χ0v) is 31.5. The van der Waals surface area contributed by atoms with Gasteiger partial charge in [-0.15, -0.1) is 0 Å². The molecule has 58 heavy (non-hydrogen) atoms. The summed E-state index contributed by atoms with van der Waals surface area (Å²) in [5.74, 6) is 0.710. The maximum Gasteiger partial charge on any atom is 0.160 e. The van der Waals surface area contributed by atoms with Crippen molar-refractivity contribution in [2.75, 3.05) is 0 Å². The highest BCUT2D eigenvalue weighted by molar-refractivity contribution is 6.36. The lowest BCUT2D eigenvalue weighted by Crippen LogP contribution is -1.98. The van der Waals surface area contributed by atoms with Crippen LogP contribution in [0.1, 0.15) is 0 Å². The molecule has 0 aliphatic carbocycles. The molecule has 0 radical (unpaired) electrons. The van der Waals surface area contributed by atoms with Crippen LogP contribution in [0.25, 0.3) is 120 Å². The molecule has 0 saturated carbocycles. The van der Waals surface area contributed by atoms with E-state index in [0.717, 1.165) is 38.9 Å². The van der Waals surface area contributed by atoms with E-state index in [1.165, 1.54) is 75.8 Å². The summed E-state index contributed by atoms with van der Waals surface area (Å²) in [7, 11) is 0. The van der Waals surface area contributed by atoms with Crippen molar-refractivity contribution >= 4 is 75.4 Å². The molecule has 0 aliphatic heterocycles. The summed E-state index contributed by atoms with van der Waals surface area (Å²) in [4.78, 5) is 10.5. The van der Waals surface area contributed by atoms with Crippen LogP contribution < -0.4 is 0 Å². The van der Waals surface area contributed by atoms with Crippen molar-refractivity contribution in [1.29, 1.82) is 0 Å². The molecule has 11 aromatic carbocycles. The molecule has 2 heteroatoms. The minimum Gasteiger partial charge on any atom is -0.228 e. The lowest BCUT2D eigenvalue weighted by Gasteiger charge is -2.21. The lowest BCUT2D eigenvalue weighted by atomic mass is 9.83. The van der Waals surface area contributed by atoms with Gasteiger partial charge in [-0.2, -0.15) is 0 Å². The van der Waals surface area contributed by atoms with E-state index in [0.29, 0.717) is 5.82 Å². The zero-order valence-electron chi connectivity index (χ0n) is 31.5. The molecule has 0 bridgehead atoms. The third-order valence-electron chi connectivity index (χ3n) is 12.0. The van der Waals surface area contributed by atoms with E-state index in [2.05, 4.69) is 194 Å². The van der Waals surface area contributed by atoms with Crippen LogP contribution in [0.4, 0.5) is 0 Å². The Morgan fingerprint density at radius 3 is 1.26 bits per heavy atom. The molecular formula is C56H34N2. The first kappa shape index (κ1) is 32.6. The molecule has 0 amide bonds. The fourth-order valence-corrected chi connectivity index (χ4v) is 9.55. The molecule has 268 valence electrons. The van der Waals surface area contributed by atoms with E-state index < -0.39 is 0 Å².